The van der Waals surface area contributed by atoms with Crippen molar-refractivity contribution in [1.82, 2.24) is 4.90 Å². The van der Waals surface area contributed by atoms with Crippen molar-refractivity contribution in [2.75, 3.05) is 32.3 Å². The number of carbonyl (C=O) groups excluding carboxylic acids is 3. The number of benzene rings is 1. The molecule has 4 aliphatic heterocycles. The third-order valence-corrected chi connectivity index (χ3v) is 8.42. The molecule has 2 bridgehead atoms. The van der Waals surface area contributed by atoms with E-state index in [2.05, 4.69) is 0 Å². The summed E-state index contributed by atoms with van der Waals surface area (Å²) in [6, 6.07) is 3.07. The summed E-state index contributed by atoms with van der Waals surface area (Å²) >= 11 is 0. The van der Waals surface area contributed by atoms with Gasteiger partial charge < -0.3 is 29.1 Å². The van der Waals surface area contributed by atoms with Crippen LogP contribution < -0.4 is 14.4 Å². The molecule has 1 spiro atoms. The summed E-state index contributed by atoms with van der Waals surface area (Å²) in [6.07, 6.45) is 0.279. The Labute approximate surface area is 189 Å². The van der Waals surface area contributed by atoms with Gasteiger partial charge >= 0.3 is 5.97 Å². The van der Waals surface area contributed by atoms with Crippen molar-refractivity contribution in [1.29, 1.82) is 0 Å². The Bertz CT molecular complexity index is 1120. The number of carbonyl (C=O) groups is 4. The van der Waals surface area contributed by atoms with Crippen molar-refractivity contribution < 1.29 is 38.5 Å². The van der Waals surface area contributed by atoms with Crippen molar-refractivity contribution in [2.24, 2.45) is 11.8 Å². The molecule has 1 N–H and O–H groups in total. The van der Waals surface area contributed by atoms with E-state index in [-0.39, 0.29) is 18.4 Å². The molecule has 174 valence electrons. The summed E-state index contributed by atoms with van der Waals surface area (Å²) in [5.74, 6) is -2.33. The Morgan fingerprint density at radius 1 is 1.18 bits per heavy atom. The summed E-state index contributed by atoms with van der Waals surface area (Å²) in [6.45, 7) is -0.130. The van der Waals surface area contributed by atoms with Gasteiger partial charge in [-0.2, -0.15) is 0 Å². The van der Waals surface area contributed by atoms with Gasteiger partial charge in [-0.05, 0) is 24.5 Å². The van der Waals surface area contributed by atoms with E-state index in [0.29, 0.717) is 36.6 Å². The molecule has 10 nitrogen and oxygen atoms in total. The quantitative estimate of drug-likeness (QED) is 0.630. The highest BCUT2D eigenvalue weighted by Gasteiger charge is 2.73. The second-order valence-corrected chi connectivity index (χ2v) is 9.47. The van der Waals surface area contributed by atoms with E-state index in [4.69, 9.17) is 14.2 Å². The first-order valence-corrected chi connectivity index (χ1v) is 11.1. The van der Waals surface area contributed by atoms with Crippen LogP contribution in [-0.2, 0) is 29.3 Å². The molecule has 1 aromatic carbocycles. The zero-order chi connectivity index (χ0) is 23.2. The number of piperidine rings is 2. The monoisotopic (exact) mass is 456 g/mol. The molecule has 6 atom stereocenters. The molecule has 4 fully saturated rings. The number of methoxy groups -OCH3 is 2. The minimum atomic E-state index is -1.14. The molecule has 3 saturated heterocycles. The van der Waals surface area contributed by atoms with Gasteiger partial charge in [0.1, 0.15) is 6.61 Å². The molecular formula is C23H24N2O8. The van der Waals surface area contributed by atoms with Crippen LogP contribution in [0.2, 0.25) is 0 Å². The number of ether oxygens (including phenoxy) is 3. The van der Waals surface area contributed by atoms with Gasteiger partial charge in [-0.15, -0.1) is 0 Å². The predicted octanol–water partition coefficient (Wildman–Crippen LogP) is 0.350. The lowest BCUT2D eigenvalue weighted by atomic mass is 9.54. The van der Waals surface area contributed by atoms with Crippen LogP contribution in [0.5, 0.6) is 11.5 Å². The van der Waals surface area contributed by atoms with Crippen molar-refractivity contribution in [3.05, 3.63) is 17.7 Å². The molecule has 1 saturated carbocycles. The largest absolute Gasteiger partial charge is 0.493 e. The summed E-state index contributed by atoms with van der Waals surface area (Å²) in [4.78, 5) is 54.3. The molecule has 0 aromatic heterocycles. The molecule has 0 unspecified atom stereocenters. The molecule has 1 aromatic rings. The average Bonchev–Trinajstić information content (AvgIpc) is 3.34. The fourth-order valence-corrected chi connectivity index (χ4v) is 7.35. The highest BCUT2D eigenvalue weighted by atomic mass is 16.5. The number of anilines is 1. The molecule has 4 heterocycles. The number of Topliss-reactive ketones (excluding diaryl/α,β-unsaturated/α-hetero) is 1. The summed E-state index contributed by atoms with van der Waals surface area (Å²) in [5, 5.41) is 9.18. The second kappa shape index (κ2) is 6.69. The number of nitrogens with zero attached hydrogens (tertiary/aromatic N) is 2. The summed E-state index contributed by atoms with van der Waals surface area (Å²) in [5.41, 5.74) is 1.04. The van der Waals surface area contributed by atoms with E-state index in [0.717, 1.165) is 5.56 Å². The number of rotatable bonds is 5. The fraction of sp³-hybridized carbons (Fsp3) is 0.565. The number of amides is 2. The van der Waals surface area contributed by atoms with Crippen LogP contribution in [0.25, 0.3) is 0 Å². The van der Waals surface area contributed by atoms with Crippen molar-refractivity contribution in [3.8, 4) is 11.5 Å². The Morgan fingerprint density at radius 2 is 1.91 bits per heavy atom. The maximum Gasteiger partial charge on any atom is 0.329 e. The minimum Gasteiger partial charge on any atom is -0.493 e. The van der Waals surface area contributed by atoms with Crippen molar-refractivity contribution in [2.45, 2.75) is 42.9 Å². The molecule has 2 amide bonds. The Hall–Kier alpha value is -3.14. The second-order valence-electron chi connectivity index (χ2n) is 9.47. The van der Waals surface area contributed by atoms with Crippen molar-refractivity contribution in [3.63, 3.8) is 0 Å². The number of hydrogen-bond acceptors (Lipinski definition) is 7. The van der Waals surface area contributed by atoms with E-state index in [1.807, 2.05) is 6.07 Å². The molecular weight excluding hydrogens is 432 g/mol. The van der Waals surface area contributed by atoms with Gasteiger partial charge in [0, 0.05) is 35.9 Å². The zero-order valence-electron chi connectivity index (χ0n) is 18.3. The Balaban J connectivity index is 1.58. The van der Waals surface area contributed by atoms with E-state index in [1.54, 1.807) is 23.0 Å². The van der Waals surface area contributed by atoms with Gasteiger partial charge in [0.25, 0.3) is 5.91 Å². The van der Waals surface area contributed by atoms with Crippen LogP contribution in [0.4, 0.5) is 5.69 Å². The number of carboxylic acid groups (broad SMARTS) is 1. The van der Waals surface area contributed by atoms with Gasteiger partial charge in [0.15, 0.2) is 11.5 Å². The van der Waals surface area contributed by atoms with Gasteiger partial charge in [0.2, 0.25) is 11.7 Å². The molecule has 33 heavy (non-hydrogen) atoms. The first kappa shape index (κ1) is 20.5. The average molecular weight is 456 g/mol. The number of fused-ring (bicyclic) bond motifs is 4. The predicted molar refractivity (Wildman–Crippen MR) is 111 cm³/mol. The van der Waals surface area contributed by atoms with Crippen LogP contribution in [0, 0.1) is 11.8 Å². The molecule has 10 heteroatoms. The SMILES string of the molecule is COc1cc2c(cc1OC)[C@]13CCN4C(=O)C(=O)[C@@H](C[C@H]41)[C@@H]1[C@@H](OCC(=O)O)CC(=O)N2[C@@H]13. The van der Waals surface area contributed by atoms with Crippen LogP contribution in [0.15, 0.2) is 12.1 Å². The normalized spacial score (nSPS) is 35.5. The lowest BCUT2D eigenvalue weighted by molar-refractivity contribution is -0.166. The van der Waals surface area contributed by atoms with Crippen LogP contribution >= 0.6 is 0 Å². The Morgan fingerprint density at radius 3 is 2.61 bits per heavy atom. The Kier molecular flexibility index (Phi) is 4.15. The smallest absolute Gasteiger partial charge is 0.329 e. The first-order valence-electron chi connectivity index (χ1n) is 11.1. The van der Waals surface area contributed by atoms with Gasteiger partial charge in [-0.1, -0.05) is 0 Å². The number of aliphatic carboxylic acids is 1. The van der Waals surface area contributed by atoms with Crippen LogP contribution in [0.1, 0.15) is 24.8 Å². The summed E-state index contributed by atoms with van der Waals surface area (Å²) in [7, 11) is 3.08. The van der Waals surface area contributed by atoms with Gasteiger partial charge in [-0.3, -0.25) is 14.4 Å². The molecule has 0 radical (unpaired) electrons. The minimum absolute atomic E-state index is 0.0509. The lowest BCUT2D eigenvalue weighted by Gasteiger charge is -2.57. The fourth-order valence-electron chi connectivity index (χ4n) is 7.35. The third kappa shape index (κ3) is 2.36. The van der Waals surface area contributed by atoms with Crippen LogP contribution in [0.3, 0.4) is 0 Å². The lowest BCUT2D eigenvalue weighted by Crippen LogP contribution is -2.71. The maximum absolute atomic E-state index is 13.5. The van der Waals surface area contributed by atoms with E-state index in [9.17, 15) is 24.3 Å². The van der Waals surface area contributed by atoms with Gasteiger partial charge in [-0.25, -0.2) is 4.79 Å². The maximum atomic E-state index is 13.5. The third-order valence-electron chi connectivity index (χ3n) is 8.42. The highest BCUT2D eigenvalue weighted by molar-refractivity contribution is 6.38. The number of ketones is 1. The number of carboxylic acids is 1. The first-order chi connectivity index (χ1) is 15.8. The molecule has 1 aliphatic carbocycles. The molecule has 5 aliphatic rings. The highest BCUT2D eigenvalue weighted by Crippen LogP contribution is 2.65. The topological polar surface area (TPSA) is 123 Å². The van der Waals surface area contributed by atoms with Crippen molar-refractivity contribution >= 4 is 29.3 Å². The van der Waals surface area contributed by atoms with E-state index >= 15 is 0 Å². The number of hydrogen-bond donors (Lipinski definition) is 1. The van der Waals surface area contributed by atoms with Crippen LogP contribution in [-0.4, -0.2) is 79.1 Å². The van der Waals surface area contributed by atoms with E-state index < -0.39 is 53.7 Å². The zero-order valence-corrected chi connectivity index (χ0v) is 18.3. The molecule has 6 rings (SSSR count). The van der Waals surface area contributed by atoms with E-state index in [1.165, 1.54) is 7.11 Å². The summed E-state index contributed by atoms with van der Waals surface area (Å²) < 4.78 is 16.8. The van der Waals surface area contributed by atoms with Gasteiger partial charge in [0.05, 0.1) is 38.5 Å². The standard InChI is InChI=1S/C23H24N2O8/c1-31-13-6-11-12(7-14(13)32-2)25-17(26)8-15(33-9-18(27)28)19-10-5-16-23(11,21(19)25)3-4-24(16)22(30)20(10)29/h6-7,10,15-16,19,21H,3-5,8-9H2,1-2H3,(H,27,28)/t10-,15-,16-,19+,21-,23+/m0/s1.